The standard InChI is InChI=1S/C7H11N5/c8-5-2-1-4(3-5)6-10-7(9)12-11-6/h1-2,4-5H,3,8H2,(H3,9,10,11,12). The predicted octanol–water partition coefficient (Wildman–Crippen LogP) is -0.242. The molecule has 0 amide bonds. The zero-order chi connectivity index (χ0) is 8.55. The summed E-state index contributed by atoms with van der Waals surface area (Å²) in [4.78, 5) is 4.03. The number of anilines is 1. The lowest BCUT2D eigenvalue weighted by Gasteiger charge is -2.03. The molecule has 1 aromatic rings. The van der Waals surface area contributed by atoms with E-state index in [2.05, 4.69) is 15.2 Å². The fourth-order valence-corrected chi connectivity index (χ4v) is 1.38. The fraction of sp³-hybridized carbons (Fsp3) is 0.429. The molecule has 2 atom stereocenters. The van der Waals surface area contributed by atoms with Crippen LogP contribution in [0.15, 0.2) is 12.2 Å². The molecule has 1 aliphatic carbocycles. The second-order valence-electron chi connectivity index (χ2n) is 2.97. The maximum atomic E-state index is 5.69. The molecule has 5 nitrogen and oxygen atoms in total. The van der Waals surface area contributed by atoms with Gasteiger partial charge in [0.25, 0.3) is 0 Å². The van der Waals surface area contributed by atoms with E-state index in [-0.39, 0.29) is 12.0 Å². The summed E-state index contributed by atoms with van der Waals surface area (Å²) in [5.41, 5.74) is 11.1. The number of rotatable bonds is 1. The van der Waals surface area contributed by atoms with Gasteiger partial charge < -0.3 is 11.5 Å². The van der Waals surface area contributed by atoms with Crippen molar-refractivity contribution in [3.8, 4) is 0 Å². The minimum Gasteiger partial charge on any atom is -0.367 e. The molecule has 12 heavy (non-hydrogen) atoms. The molecule has 0 bridgehead atoms. The Balaban J connectivity index is 2.17. The van der Waals surface area contributed by atoms with E-state index in [1.807, 2.05) is 12.2 Å². The number of hydrogen-bond donors (Lipinski definition) is 3. The molecule has 0 aromatic carbocycles. The van der Waals surface area contributed by atoms with E-state index < -0.39 is 0 Å². The number of nitrogen functional groups attached to an aromatic ring is 1. The van der Waals surface area contributed by atoms with Crippen LogP contribution in [-0.4, -0.2) is 21.2 Å². The highest BCUT2D eigenvalue weighted by Crippen LogP contribution is 2.24. The van der Waals surface area contributed by atoms with Gasteiger partial charge in [-0.2, -0.15) is 4.98 Å². The van der Waals surface area contributed by atoms with E-state index in [1.54, 1.807) is 0 Å². The molecule has 2 unspecified atom stereocenters. The van der Waals surface area contributed by atoms with Gasteiger partial charge in [-0.25, -0.2) is 0 Å². The van der Waals surface area contributed by atoms with Gasteiger partial charge in [-0.15, -0.1) is 5.10 Å². The highest BCUT2D eigenvalue weighted by molar-refractivity contribution is 5.21. The van der Waals surface area contributed by atoms with E-state index >= 15 is 0 Å². The van der Waals surface area contributed by atoms with Gasteiger partial charge in [0, 0.05) is 12.0 Å². The van der Waals surface area contributed by atoms with Crippen molar-refractivity contribution in [2.24, 2.45) is 5.73 Å². The first-order valence-electron chi connectivity index (χ1n) is 3.87. The Morgan fingerprint density at radius 3 is 2.83 bits per heavy atom. The van der Waals surface area contributed by atoms with Crippen LogP contribution in [0.2, 0.25) is 0 Å². The van der Waals surface area contributed by atoms with Crippen LogP contribution >= 0.6 is 0 Å². The smallest absolute Gasteiger partial charge is 0.239 e. The van der Waals surface area contributed by atoms with Crippen LogP contribution < -0.4 is 11.5 Å². The Bertz CT molecular complexity index is 303. The second kappa shape index (κ2) is 2.60. The van der Waals surface area contributed by atoms with Gasteiger partial charge in [-0.05, 0) is 6.42 Å². The van der Waals surface area contributed by atoms with E-state index in [1.165, 1.54) is 0 Å². The molecule has 5 heteroatoms. The molecule has 0 aliphatic heterocycles. The van der Waals surface area contributed by atoms with E-state index in [4.69, 9.17) is 11.5 Å². The third-order valence-corrected chi connectivity index (χ3v) is 1.99. The summed E-state index contributed by atoms with van der Waals surface area (Å²) in [5.74, 6) is 1.35. The van der Waals surface area contributed by atoms with Gasteiger partial charge in [-0.3, -0.25) is 5.10 Å². The number of hydrogen-bond acceptors (Lipinski definition) is 4. The zero-order valence-corrected chi connectivity index (χ0v) is 6.57. The summed E-state index contributed by atoms with van der Waals surface area (Å²) in [7, 11) is 0. The average Bonchev–Trinajstić information content (AvgIpc) is 2.58. The van der Waals surface area contributed by atoms with Crippen molar-refractivity contribution in [2.75, 3.05) is 5.73 Å². The summed E-state index contributed by atoms with van der Waals surface area (Å²) in [5, 5.41) is 6.53. The van der Waals surface area contributed by atoms with Crippen molar-refractivity contribution in [1.29, 1.82) is 0 Å². The lowest BCUT2D eigenvalue weighted by Crippen LogP contribution is -2.14. The van der Waals surface area contributed by atoms with E-state index in [0.717, 1.165) is 12.2 Å². The number of H-pyrrole nitrogens is 1. The second-order valence-corrected chi connectivity index (χ2v) is 2.97. The summed E-state index contributed by atoms with van der Waals surface area (Å²) in [6.45, 7) is 0. The van der Waals surface area contributed by atoms with Gasteiger partial charge in [0.05, 0.1) is 0 Å². The normalized spacial score (nSPS) is 28.1. The highest BCUT2D eigenvalue weighted by atomic mass is 15.3. The molecule has 64 valence electrons. The quantitative estimate of drug-likeness (QED) is 0.500. The van der Waals surface area contributed by atoms with Crippen LogP contribution in [0.1, 0.15) is 18.2 Å². The van der Waals surface area contributed by atoms with Gasteiger partial charge in [0.15, 0.2) is 0 Å². The third-order valence-electron chi connectivity index (χ3n) is 1.99. The van der Waals surface area contributed by atoms with Gasteiger partial charge in [0.2, 0.25) is 5.95 Å². The van der Waals surface area contributed by atoms with E-state index in [9.17, 15) is 0 Å². The molecule has 0 saturated heterocycles. The molecule has 0 spiro atoms. The summed E-state index contributed by atoms with van der Waals surface area (Å²) in [6.07, 6.45) is 4.89. The van der Waals surface area contributed by atoms with Crippen LogP contribution in [0.25, 0.3) is 0 Å². The van der Waals surface area contributed by atoms with Gasteiger partial charge in [-0.1, -0.05) is 12.2 Å². The van der Waals surface area contributed by atoms with Crippen LogP contribution in [0.3, 0.4) is 0 Å². The number of nitrogens with zero attached hydrogens (tertiary/aromatic N) is 2. The Kier molecular flexibility index (Phi) is 1.58. The van der Waals surface area contributed by atoms with Crippen LogP contribution in [0.4, 0.5) is 5.95 Å². The Morgan fingerprint density at radius 1 is 1.50 bits per heavy atom. The number of nitrogens with one attached hydrogen (secondary N) is 1. The van der Waals surface area contributed by atoms with Crippen LogP contribution in [0.5, 0.6) is 0 Å². The number of aromatic amines is 1. The van der Waals surface area contributed by atoms with Crippen LogP contribution in [0, 0.1) is 0 Å². The minimum absolute atomic E-state index is 0.140. The van der Waals surface area contributed by atoms with Crippen molar-refractivity contribution in [2.45, 2.75) is 18.4 Å². The monoisotopic (exact) mass is 165 g/mol. The van der Waals surface area contributed by atoms with Crippen molar-refractivity contribution in [1.82, 2.24) is 15.2 Å². The largest absolute Gasteiger partial charge is 0.367 e. The predicted molar refractivity (Wildman–Crippen MR) is 45.3 cm³/mol. The van der Waals surface area contributed by atoms with Crippen molar-refractivity contribution in [3.63, 3.8) is 0 Å². The lowest BCUT2D eigenvalue weighted by atomic mass is 10.1. The lowest BCUT2D eigenvalue weighted by molar-refractivity contribution is 0.679. The first-order valence-corrected chi connectivity index (χ1v) is 3.87. The summed E-state index contributed by atoms with van der Waals surface area (Å²) < 4.78 is 0. The molecule has 2 rings (SSSR count). The summed E-state index contributed by atoms with van der Waals surface area (Å²) in [6, 6.07) is 0.140. The topological polar surface area (TPSA) is 93.6 Å². The van der Waals surface area contributed by atoms with Gasteiger partial charge >= 0.3 is 0 Å². The first kappa shape index (κ1) is 7.30. The van der Waals surface area contributed by atoms with E-state index in [0.29, 0.717) is 5.95 Å². The third kappa shape index (κ3) is 1.18. The maximum absolute atomic E-state index is 5.69. The van der Waals surface area contributed by atoms with Crippen molar-refractivity contribution < 1.29 is 0 Å². The Morgan fingerprint density at radius 2 is 2.33 bits per heavy atom. The molecular formula is C7H11N5. The van der Waals surface area contributed by atoms with Crippen LogP contribution in [-0.2, 0) is 0 Å². The molecule has 1 aromatic heterocycles. The Labute approximate surface area is 69.9 Å². The number of allylic oxidation sites excluding steroid dienone is 1. The van der Waals surface area contributed by atoms with Crippen molar-refractivity contribution in [3.05, 3.63) is 18.0 Å². The summed E-state index contributed by atoms with van der Waals surface area (Å²) >= 11 is 0. The molecule has 5 N–H and O–H groups in total. The van der Waals surface area contributed by atoms with Crippen molar-refractivity contribution >= 4 is 5.95 Å². The average molecular weight is 165 g/mol. The first-order chi connectivity index (χ1) is 5.75. The number of aromatic nitrogens is 3. The molecule has 1 heterocycles. The molecule has 0 saturated carbocycles. The fourth-order valence-electron chi connectivity index (χ4n) is 1.38. The minimum atomic E-state index is 0.140. The highest BCUT2D eigenvalue weighted by Gasteiger charge is 2.19. The molecule has 1 aliphatic rings. The number of nitrogens with two attached hydrogens (primary N) is 2. The maximum Gasteiger partial charge on any atom is 0.239 e. The SMILES string of the molecule is Nc1n[nH]c(C2C=CC(N)C2)n1. The molecule has 0 radical (unpaired) electrons. The Hall–Kier alpha value is -1.36. The molecular weight excluding hydrogens is 154 g/mol. The van der Waals surface area contributed by atoms with Gasteiger partial charge in [0.1, 0.15) is 5.82 Å². The molecule has 0 fully saturated rings. The zero-order valence-electron chi connectivity index (χ0n) is 6.57.